The van der Waals surface area contributed by atoms with Crippen molar-refractivity contribution in [2.45, 2.75) is 114 Å². The van der Waals surface area contributed by atoms with E-state index in [4.69, 9.17) is 24.4 Å². The third-order valence-corrected chi connectivity index (χ3v) is 13.8. The Morgan fingerprint density at radius 1 is 0.629 bits per heavy atom. The molecule has 5 heterocycles. The number of H-pyrrole nitrogens is 2. The molecule has 4 aliphatic rings. The van der Waals surface area contributed by atoms with Crippen molar-refractivity contribution in [1.82, 2.24) is 45.4 Å². The topological polar surface area (TPSA) is 188 Å². The van der Waals surface area contributed by atoms with Gasteiger partial charge < -0.3 is 39.9 Å². The summed E-state index contributed by atoms with van der Waals surface area (Å²) in [4.78, 5) is 78.4. The first-order chi connectivity index (χ1) is 30.3. The minimum absolute atomic E-state index is 0.0658. The normalized spacial score (nSPS) is 20.9. The maximum atomic E-state index is 14.1. The molecular formula is C47H57N9O6. The lowest BCUT2D eigenvalue weighted by atomic mass is 9.83. The van der Waals surface area contributed by atoms with Crippen molar-refractivity contribution >= 4 is 45.9 Å². The second kappa shape index (κ2) is 18.2. The highest BCUT2D eigenvalue weighted by molar-refractivity contribution is 5.89. The Labute approximate surface area is 361 Å². The third-order valence-electron chi connectivity index (χ3n) is 13.8. The van der Waals surface area contributed by atoms with Crippen LogP contribution in [0, 0.1) is 11.8 Å². The molecule has 2 saturated carbocycles. The van der Waals surface area contributed by atoms with Gasteiger partial charge in [0.05, 0.1) is 60.4 Å². The first kappa shape index (κ1) is 41.4. The molecule has 2 aliphatic heterocycles. The van der Waals surface area contributed by atoms with Crippen molar-refractivity contribution in [2.24, 2.45) is 11.8 Å². The summed E-state index contributed by atoms with van der Waals surface area (Å²) in [7, 11) is 2.66. The van der Waals surface area contributed by atoms with Crippen LogP contribution in [0.2, 0.25) is 0 Å². The lowest BCUT2D eigenvalue weighted by molar-refractivity contribution is -0.136. The average Bonchev–Trinajstić information content (AvgIpc) is 4.16. The lowest BCUT2D eigenvalue weighted by Crippen LogP contribution is -2.52. The number of carbonyl (C=O) groups is 4. The van der Waals surface area contributed by atoms with Gasteiger partial charge in [-0.2, -0.15) is 0 Å². The number of aromatic amines is 2. The number of pyridine rings is 1. The van der Waals surface area contributed by atoms with E-state index in [1.54, 1.807) is 0 Å². The number of nitrogens with zero attached hydrogens (tertiary/aromatic N) is 5. The van der Waals surface area contributed by atoms with Gasteiger partial charge in [0.2, 0.25) is 11.8 Å². The van der Waals surface area contributed by atoms with Crippen LogP contribution < -0.4 is 10.6 Å². The number of methoxy groups -OCH3 is 2. The van der Waals surface area contributed by atoms with E-state index < -0.39 is 24.3 Å². The predicted octanol–water partition coefficient (Wildman–Crippen LogP) is 8.11. The van der Waals surface area contributed by atoms with Crippen molar-refractivity contribution in [3.63, 3.8) is 0 Å². The van der Waals surface area contributed by atoms with Gasteiger partial charge in [0.1, 0.15) is 23.7 Å². The van der Waals surface area contributed by atoms with Crippen molar-refractivity contribution < 1.29 is 28.7 Å². The molecular weight excluding hydrogens is 787 g/mol. The molecule has 4 amide bonds. The zero-order chi connectivity index (χ0) is 42.7. The summed E-state index contributed by atoms with van der Waals surface area (Å²) in [5.74, 6) is 1.53. The Hall–Kier alpha value is -5.99. The van der Waals surface area contributed by atoms with Gasteiger partial charge in [-0.3, -0.25) is 9.59 Å². The molecule has 15 nitrogen and oxygen atoms in total. The van der Waals surface area contributed by atoms with Gasteiger partial charge in [0, 0.05) is 29.6 Å². The average molecular weight is 844 g/mol. The lowest BCUT2D eigenvalue weighted by Gasteiger charge is -2.34. The standard InChI is InChI=1S/C47H57N9O6/c1-61-46(59)53-40(28-11-5-3-6-12-28)44(57)55-23-9-15-38(55)42-48-27-37(52-42)31-18-21-33-30(25-31)17-20-34(49-33)32-19-22-35-36(26-32)51-43(50-35)39-16-10-24-56(39)45(58)41(54-47(60)62-2)29-13-7-4-8-14-29/h17-22,25-29,38-41H,3-16,23-24H2,1-2H3,(H,48,52)(H,50,51)(H,53,59)(H,54,60)/t38-,39-,40-,41-/m0/s1. The van der Waals surface area contributed by atoms with Gasteiger partial charge >= 0.3 is 12.2 Å². The van der Waals surface area contributed by atoms with Crippen molar-refractivity contribution in [1.29, 1.82) is 0 Å². The van der Waals surface area contributed by atoms with Crippen LogP contribution >= 0.6 is 0 Å². The molecule has 2 aromatic carbocycles. The molecule has 0 radical (unpaired) electrons. The molecule has 0 bridgehead atoms. The van der Waals surface area contributed by atoms with Gasteiger partial charge in [0.15, 0.2) is 0 Å². The molecule has 2 aliphatic carbocycles. The molecule has 5 aromatic rings. The molecule has 326 valence electrons. The van der Waals surface area contributed by atoms with Crippen LogP contribution in [-0.4, -0.2) is 98.1 Å². The van der Waals surface area contributed by atoms with E-state index in [-0.39, 0.29) is 35.7 Å². The summed E-state index contributed by atoms with van der Waals surface area (Å²) in [6, 6.07) is 14.7. The van der Waals surface area contributed by atoms with Crippen molar-refractivity contribution in [3.05, 3.63) is 66.4 Å². The van der Waals surface area contributed by atoms with Crippen LogP contribution in [0.5, 0.6) is 0 Å². The van der Waals surface area contributed by atoms with Gasteiger partial charge in [-0.1, -0.05) is 56.7 Å². The fourth-order valence-corrected chi connectivity index (χ4v) is 10.5. The Morgan fingerprint density at radius 2 is 1.21 bits per heavy atom. The monoisotopic (exact) mass is 843 g/mol. The van der Waals surface area contributed by atoms with Gasteiger partial charge in [-0.05, 0) is 93.5 Å². The van der Waals surface area contributed by atoms with Crippen LogP contribution in [0.4, 0.5) is 9.59 Å². The molecule has 3 aromatic heterocycles. The molecule has 4 atom stereocenters. The van der Waals surface area contributed by atoms with E-state index >= 15 is 0 Å². The van der Waals surface area contributed by atoms with E-state index in [1.807, 2.05) is 46.3 Å². The number of amides is 4. The fourth-order valence-electron chi connectivity index (χ4n) is 10.5. The van der Waals surface area contributed by atoms with Crippen LogP contribution in [0.1, 0.15) is 114 Å². The first-order valence-electron chi connectivity index (χ1n) is 22.5. The van der Waals surface area contributed by atoms with E-state index in [0.29, 0.717) is 13.1 Å². The van der Waals surface area contributed by atoms with Gasteiger partial charge in [-0.25, -0.2) is 24.5 Å². The van der Waals surface area contributed by atoms with Gasteiger partial charge in [0.25, 0.3) is 0 Å². The number of ether oxygens (including phenoxy) is 2. The summed E-state index contributed by atoms with van der Waals surface area (Å²) in [5.41, 5.74) is 6.12. The Bertz CT molecular complexity index is 2430. The number of hydrogen-bond acceptors (Lipinski definition) is 9. The Balaban J connectivity index is 0.900. The first-order valence-corrected chi connectivity index (χ1v) is 22.5. The Morgan fingerprint density at radius 3 is 1.82 bits per heavy atom. The third kappa shape index (κ3) is 8.45. The predicted molar refractivity (Wildman–Crippen MR) is 234 cm³/mol. The number of imidazole rings is 2. The molecule has 62 heavy (non-hydrogen) atoms. The second-order valence-corrected chi connectivity index (χ2v) is 17.5. The second-order valence-electron chi connectivity index (χ2n) is 17.5. The maximum Gasteiger partial charge on any atom is 0.407 e. The molecule has 4 fully saturated rings. The fraction of sp³-hybridized carbons (Fsp3) is 0.511. The number of benzene rings is 2. The van der Waals surface area contributed by atoms with Crippen LogP contribution in [0.25, 0.3) is 44.5 Å². The Kier molecular flexibility index (Phi) is 12.1. The number of carbonyl (C=O) groups excluding carboxylic acids is 4. The minimum atomic E-state index is -0.616. The van der Waals surface area contributed by atoms with E-state index in [2.05, 4.69) is 38.8 Å². The van der Waals surface area contributed by atoms with Crippen molar-refractivity contribution in [2.75, 3.05) is 27.3 Å². The molecule has 4 N–H and O–H groups in total. The molecule has 15 heteroatoms. The summed E-state index contributed by atoms with van der Waals surface area (Å²) in [5, 5.41) is 6.73. The molecule has 0 unspecified atom stereocenters. The summed E-state index contributed by atoms with van der Waals surface area (Å²) in [6.07, 6.45) is 14.1. The van der Waals surface area contributed by atoms with Crippen LogP contribution in [-0.2, 0) is 19.1 Å². The van der Waals surface area contributed by atoms with E-state index in [1.165, 1.54) is 14.2 Å². The SMILES string of the molecule is COC(=O)N[C@H](C(=O)N1CCC[C@H]1c1ncc(-c2ccc3nc(-c4ccc5nc([C@@H]6CCCN6C(=O)[C@@H](NC(=O)OC)C6CCCCC6)[nH]c5c4)ccc3c2)[nH]1)C1CCCCC1. The number of hydrogen-bond donors (Lipinski definition) is 4. The van der Waals surface area contributed by atoms with Gasteiger partial charge in [-0.15, -0.1) is 0 Å². The highest BCUT2D eigenvalue weighted by Crippen LogP contribution is 2.37. The van der Waals surface area contributed by atoms with Crippen LogP contribution in [0.3, 0.4) is 0 Å². The number of fused-ring (bicyclic) bond motifs is 2. The summed E-state index contributed by atoms with van der Waals surface area (Å²) < 4.78 is 9.83. The molecule has 0 spiro atoms. The van der Waals surface area contributed by atoms with E-state index in [0.717, 1.165) is 146 Å². The smallest absolute Gasteiger partial charge is 0.407 e. The minimum Gasteiger partial charge on any atom is -0.453 e. The number of alkyl carbamates (subject to hydrolysis) is 2. The summed E-state index contributed by atoms with van der Waals surface area (Å²) in [6.45, 7) is 1.23. The summed E-state index contributed by atoms with van der Waals surface area (Å²) >= 11 is 0. The van der Waals surface area contributed by atoms with E-state index in [9.17, 15) is 19.2 Å². The quantitative estimate of drug-likeness (QED) is 0.108. The number of nitrogens with one attached hydrogen (secondary N) is 4. The highest BCUT2D eigenvalue weighted by atomic mass is 16.5. The zero-order valence-corrected chi connectivity index (χ0v) is 35.7. The van der Waals surface area contributed by atoms with Crippen LogP contribution in [0.15, 0.2) is 54.7 Å². The number of aromatic nitrogens is 5. The highest BCUT2D eigenvalue weighted by Gasteiger charge is 2.41. The zero-order valence-electron chi connectivity index (χ0n) is 35.7. The van der Waals surface area contributed by atoms with Crippen molar-refractivity contribution in [3.8, 4) is 22.5 Å². The largest absolute Gasteiger partial charge is 0.453 e. The number of likely N-dealkylation sites (tertiary alicyclic amines) is 2. The number of rotatable bonds is 10. The molecule has 2 saturated heterocycles. The molecule has 9 rings (SSSR count). The maximum absolute atomic E-state index is 14.1.